The number of anilines is 1. The number of nitrogens with zero attached hydrogens (tertiary/aromatic N) is 3. The molecule has 5 nitrogen and oxygen atoms in total. The van der Waals surface area contributed by atoms with Crippen molar-refractivity contribution in [3.8, 4) is 6.07 Å². The van der Waals surface area contributed by atoms with Crippen LogP contribution in [0.1, 0.15) is 49.7 Å². The highest BCUT2D eigenvalue weighted by molar-refractivity contribution is 5.50. The molecule has 0 amide bonds. The van der Waals surface area contributed by atoms with Crippen molar-refractivity contribution in [3.63, 3.8) is 0 Å². The maximum absolute atomic E-state index is 9.02. The van der Waals surface area contributed by atoms with E-state index in [-0.39, 0.29) is 5.82 Å². The Hall–Kier alpha value is -1.67. The zero-order valence-corrected chi connectivity index (χ0v) is 11.7. The number of ether oxygens (including phenoxy) is 1. The molecule has 102 valence electrons. The molecule has 0 aromatic carbocycles. The average Bonchev–Trinajstić information content (AvgIpc) is 2.39. The maximum Gasteiger partial charge on any atom is 0.162 e. The van der Waals surface area contributed by atoms with Crippen LogP contribution in [-0.4, -0.2) is 17.1 Å². The van der Waals surface area contributed by atoms with Gasteiger partial charge in [0.2, 0.25) is 0 Å². The van der Waals surface area contributed by atoms with Gasteiger partial charge in [0.1, 0.15) is 23.1 Å². The topological polar surface area (TPSA) is 84.8 Å². The second kappa shape index (κ2) is 5.14. The maximum atomic E-state index is 9.02. The number of nitriles is 1. The molecule has 2 rings (SSSR count). The number of nitrogens with two attached hydrogens (primary N) is 1. The van der Waals surface area contributed by atoms with E-state index < -0.39 is 5.60 Å². The van der Waals surface area contributed by atoms with Gasteiger partial charge >= 0.3 is 0 Å². The molecule has 2 N–H and O–H groups in total. The molecular weight excluding hydrogens is 240 g/mol. The molecule has 1 aromatic rings. The lowest BCUT2D eigenvalue weighted by Gasteiger charge is -2.37. The molecule has 0 unspecified atom stereocenters. The van der Waals surface area contributed by atoms with Crippen molar-refractivity contribution in [2.45, 2.75) is 45.1 Å². The predicted octanol–water partition coefficient (Wildman–Crippen LogP) is 2.29. The lowest BCUT2D eigenvalue weighted by atomic mass is 9.79. The molecule has 19 heavy (non-hydrogen) atoms. The van der Waals surface area contributed by atoms with E-state index in [2.05, 4.69) is 16.9 Å². The molecule has 1 aromatic heterocycles. The normalized spacial score (nSPS) is 26.9. The van der Waals surface area contributed by atoms with Crippen molar-refractivity contribution in [1.29, 1.82) is 5.26 Å². The van der Waals surface area contributed by atoms with E-state index in [0.717, 1.165) is 25.7 Å². The fraction of sp³-hybridized carbons (Fsp3) is 0.643. The monoisotopic (exact) mass is 260 g/mol. The van der Waals surface area contributed by atoms with Gasteiger partial charge in [-0.1, -0.05) is 6.92 Å². The van der Waals surface area contributed by atoms with Crippen LogP contribution in [0.3, 0.4) is 0 Å². The molecule has 5 heteroatoms. The van der Waals surface area contributed by atoms with Gasteiger partial charge in [-0.2, -0.15) is 5.26 Å². The zero-order chi connectivity index (χ0) is 14.0. The SMILES string of the molecule is COC1(c2nc(C)c(C#N)c(N)n2)CCC(C)CC1. The first kappa shape index (κ1) is 13.8. The second-order valence-corrected chi connectivity index (χ2v) is 5.39. The number of aryl methyl sites for hydroxylation is 1. The summed E-state index contributed by atoms with van der Waals surface area (Å²) >= 11 is 0. The summed E-state index contributed by atoms with van der Waals surface area (Å²) in [6, 6.07) is 2.04. The first-order valence-electron chi connectivity index (χ1n) is 6.62. The molecule has 1 fully saturated rings. The van der Waals surface area contributed by atoms with Gasteiger partial charge in [-0.15, -0.1) is 0 Å². The van der Waals surface area contributed by atoms with Crippen LogP contribution in [0.25, 0.3) is 0 Å². The highest BCUT2D eigenvalue weighted by atomic mass is 16.5. The molecule has 0 radical (unpaired) electrons. The quantitative estimate of drug-likeness (QED) is 0.881. The molecule has 0 atom stereocenters. The van der Waals surface area contributed by atoms with Gasteiger partial charge in [-0.25, -0.2) is 9.97 Å². The van der Waals surface area contributed by atoms with Crippen molar-refractivity contribution < 1.29 is 4.74 Å². The van der Waals surface area contributed by atoms with Gasteiger partial charge in [0.05, 0.1) is 5.69 Å². The minimum atomic E-state index is -0.445. The van der Waals surface area contributed by atoms with E-state index in [0.29, 0.717) is 23.0 Å². The Morgan fingerprint density at radius 1 is 1.37 bits per heavy atom. The zero-order valence-electron chi connectivity index (χ0n) is 11.7. The number of methoxy groups -OCH3 is 1. The van der Waals surface area contributed by atoms with Gasteiger partial charge in [0, 0.05) is 7.11 Å². The summed E-state index contributed by atoms with van der Waals surface area (Å²) in [5.41, 5.74) is 6.39. The largest absolute Gasteiger partial charge is 0.382 e. The molecule has 1 heterocycles. The molecule has 1 aliphatic rings. The van der Waals surface area contributed by atoms with E-state index in [9.17, 15) is 0 Å². The van der Waals surface area contributed by atoms with Gasteiger partial charge in [0.25, 0.3) is 0 Å². The molecule has 0 aliphatic heterocycles. The molecule has 1 saturated carbocycles. The van der Waals surface area contributed by atoms with E-state index >= 15 is 0 Å². The van der Waals surface area contributed by atoms with Gasteiger partial charge in [-0.3, -0.25) is 0 Å². The Morgan fingerprint density at radius 2 is 2.00 bits per heavy atom. The smallest absolute Gasteiger partial charge is 0.162 e. The van der Waals surface area contributed by atoms with Crippen LogP contribution in [0, 0.1) is 24.2 Å². The summed E-state index contributed by atoms with van der Waals surface area (Å²) < 4.78 is 5.73. The molecule has 1 aliphatic carbocycles. The lowest BCUT2D eigenvalue weighted by Crippen LogP contribution is -2.35. The molecule has 0 bridgehead atoms. The van der Waals surface area contributed by atoms with Crippen LogP contribution in [-0.2, 0) is 10.3 Å². The first-order valence-corrected chi connectivity index (χ1v) is 6.62. The summed E-state index contributed by atoms with van der Waals surface area (Å²) in [4.78, 5) is 8.77. The molecule has 0 spiro atoms. The van der Waals surface area contributed by atoms with Crippen molar-refractivity contribution in [2.24, 2.45) is 5.92 Å². The minimum absolute atomic E-state index is 0.250. The number of rotatable bonds is 2. The van der Waals surface area contributed by atoms with Crippen LogP contribution in [0.4, 0.5) is 5.82 Å². The molecule has 0 saturated heterocycles. The Kier molecular flexibility index (Phi) is 3.72. The summed E-state index contributed by atoms with van der Waals surface area (Å²) in [7, 11) is 1.70. The number of hydrogen-bond donors (Lipinski definition) is 1. The first-order chi connectivity index (χ1) is 9.02. The van der Waals surface area contributed by atoms with E-state index in [1.165, 1.54) is 0 Å². The summed E-state index contributed by atoms with van der Waals surface area (Å²) in [5, 5.41) is 9.02. The van der Waals surface area contributed by atoms with Crippen LogP contribution >= 0.6 is 0 Å². The van der Waals surface area contributed by atoms with Gasteiger partial charge in [-0.05, 0) is 38.5 Å². The van der Waals surface area contributed by atoms with Crippen molar-refractivity contribution in [2.75, 3.05) is 12.8 Å². The second-order valence-electron chi connectivity index (χ2n) is 5.39. The summed E-state index contributed by atoms with van der Waals surface area (Å²) in [6.45, 7) is 4.04. The Morgan fingerprint density at radius 3 is 2.47 bits per heavy atom. The van der Waals surface area contributed by atoms with Crippen LogP contribution in [0.5, 0.6) is 0 Å². The van der Waals surface area contributed by atoms with Crippen molar-refractivity contribution in [1.82, 2.24) is 9.97 Å². The Bertz CT molecular complexity index is 490. The van der Waals surface area contributed by atoms with Gasteiger partial charge < -0.3 is 10.5 Å². The Labute approximate surface area is 113 Å². The van der Waals surface area contributed by atoms with E-state index in [1.54, 1.807) is 14.0 Å². The van der Waals surface area contributed by atoms with Crippen LogP contribution in [0.15, 0.2) is 0 Å². The lowest BCUT2D eigenvalue weighted by molar-refractivity contribution is -0.0597. The number of aromatic nitrogens is 2. The van der Waals surface area contributed by atoms with Crippen molar-refractivity contribution in [3.05, 3.63) is 17.1 Å². The fourth-order valence-electron chi connectivity index (χ4n) is 2.68. The fourth-order valence-corrected chi connectivity index (χ4v) is 2.68. The standard InChI is InChI=1S/C14H20N4O/c1-9-4-6-14(19-3,7-5-9)13-17-10(2)11(8-15)12(16)18-13/h9H,4-7H2,1-3H3,(H2,16,17,18). The van der Waals surface area contributed by atoms with E-state index in [1.807, 2.05) is 6.07 Å². The highest BCUT2D eigenvalue weighted by Crippen LogP contribution is 2.41. The van der Waals surface area contributed by atoms with Crippen LogP contribution in [0.2, 0.25) is 0 Å². The van der Waals surface area contributed by atoms with Gasteiger partial charge in [0.15, 0.2) is 5.82 Å². The average molecular weight is 260 g/mol. The number of nitrogen functional groups attached to an aromatic ring is 1. The van der Waals surface area contributed by atoms with Crippen LogP contribution < -0.4 is 5.73 Å². The summed E-state index contributed by atoms with van der Waals surface area (Å²) in [6.07, 6.45) is 3.98. The van der Waals surface area contributed by atoms with E-state index in [4.69, 9.17) is 15.7 Å². The minimum Gasteiger partial charge on any atom is -0.382 e. The third kappa shape index (κ3) is 2.41. The third-order valence-electron chi connectivity index (χ3n) is 4.11. The highest BCUT2D eigenvalue weighted by Gasteiger charge is 2.39. The predicted molar refractivity (Wildman–Crippen MR) is 72.2 cm³/mol. The number of hydrogen-bond acceptors (Lipinski definition) is 5. The summed E-state index contributed by atoms with van der Waals surface area (Å²) in [5.74, 6) is 1.58. The molecular formula is C14H20N4O. The third-order valence-corrected chi connectivity index (χ3v) is 4.11. The van der Waals surface area contributed by atoms with Crippen molar-refractivity contribution >= 4 is 5.82 Å². The Balaban J connectivity index is 2.42.